The third-order valence-corrected chi connectivity index (χ3v) is 5.71. The minimum atomic E-state index is -6.21. The quantitative estimate of drug-likeness (QED) is 0.717. The van der Waals surface area contributed by atoms with E-state index in [0.29, 0.717) is 16.7 Å². The smallest absolute Gasteiger partial charge is 0.379 e. The van der Waals surface area contributed by atoms with Gasteiger partial charge >= 0.3 is 11.6 Å². The van der Waals surface area contributed by atoms with Gasteiger partial charge in [-0.05, 0) is 18.2 Å². The average Bonchev–Trinajstić information content (AvgIpc) is 2.98. The van der Waals surface area contributed by atoms with Crippen LogP contribution in [0.3, 0.4) is 0 Å². The van der Waals surface area contributed by atoms with Crippen LogP contribution in [0.1, 0.15) is 29.4 Å². The van der Waals surface area contributed by atoms with Crippen molar-refractivity contribution in [2.75, 3.05) is 0 Å². The Morgan fingerprint density at radius 1 is 1.24 bits per heavy atom. The topological polar surface area (TPSA) is 68.5 Å². The summed E-state index contributed by atoms with van der Waals surface area (Å²) in [6, 6.07) is 1.85. The number of halogens is 8. The highest BCUT2D eigenvalue weighted by Crippen LogP contribution is 2.46. The van der Waals surface area contributed by atoms with Crippen molar-refractivity contribution in [1.82, 2.24) is 4.57 Å². The number of ether oxygens (including phenoxy) is 1. The third-order valence-electron chi connectivity index (χ3n) is 4.19. The molecule has 0 spiro atoms. The van der Waals surface area contributed by atoms with E-state index in [1.165, 1.54) is 0 Å². The van der Waals surface area contributed by atoms with Crippen molar-refractivity contribution in [2.24, 2.45) is 0 Å². The Morgan fingerprint density at radius 2 is 1.86 bits per heavy atom. The summed E-state index contributed by atoms with van der Waals surface area (Å²) in [6.07, 6.45) is -10.6. The van der Waals surface area contributed by atoms with Crippen LogP contribution in [0.15, 0.2) is 29.3 Å². The molecule has 14 heteroatoms. The van der Waals surface area contributed by atoms with E-state index < -0.39 is 73.8 Å². The number of hydrogen-bond donors (Lipinski definition) is 1. The molecule has 2 heterocycles. The SMILES string of the molecule is O=S(=O)(c1cn(-c2ccc(F)c(C(F)F)c2)c2c1C(O)C(F)(F)OC2)C(F)(F)F. The first kappa shape index (κ1) is 21.5. The Hall–Kier alpha value is -2.19. The molecule has 0 amide bonds. The largest absolute Gasteiger partial charge is 0.501 e. The summed E-state index contributed by atoms with van der Waals surface area (Å²) < 4.78 is 134. The number of aromatic nitrogens is 1. The molecule has 1 aliphatic heterocycles. The molecule has 0 aliphatic carbocycles. The molecule has 5 nitrogen and oxygen atoms in total. The van der Waals surface area contributed by atoms with Gasteiger partial charge in [-0.25, -0.2) is 21.6 Å². The second kappa shape index (κ2) is 6.67. The predicted molar refractivity (Wildman–Crippen MR) is 78.6 cm³/mol. The second-order valence-corrected chi connectivity index (χ2v) is 7.84. The van der Waals surface area contributed by atoms with Crippen molar-refractivity contribution in [3.8, 4) is 5.69 Å². The van der Waals surface area contributed by atoms with Crippen molar-refractivity contribution in [3.05, 3.63) is 47.0 Å². The minimum Gasteiger partial charge on any atom is -0.379 e. The molecule has 3 rings (SSSR count). The molecule has 160 valence electrons. The average molecular weight is 451 g/mol. The number of hydrogen-bond acceptors (Lipinski definition) is 4. The lowest BCUT2D eigenvalue weighted by Gasteiger charge is -2.29. The number of aliphatic hydroxyl groups excluding tert-OH is 1. The van der Waals surface area contributed by atoms with Crippen molar-refractivity contribution in [2.45, 2.75) is 35.6 Å². The van der Waals surface area contributed by atoms with Gasteiger partial charge in [0, 0.05) is 17.4 Å². The van der Waals surface area contributed by atoms with Crippen LogP contribution in [-0.4, -0.2) is 29.7 Å². The number of nitrogens with zero attached hydrogens (tertiary/aromatic N) is 1. The standard InChI is InChI=1S/C15H9F8NO4S/c16-8-2-1-6(3-7(8)13(17)18)24-4-10(29(26,27)15(21,22)23)11-9(24)5-28-14(19,20)12(11)25/h1-4,12-13,25H,5H2. The normalized spacial score (nSPS) is 19.4. The summed E-state index contributed by atoms with van der Waals surface area (Å²) >= 11 is 0. The first-order valence-corrected chi connectivity index (χ1v) is 9.00. The Morgan fingerprint density at radius 3 is 2.41 bits per heavy atom. The Bertz CT molecular complexity index is 1060. The number of aliphatic hydroxyl groups is 1. The Labute approximate surface area is 157 Å². The molecule has 1 aliphatic rings. The highest BCUT2D eigenvalue weighted by atomic mass is 32.2. The van der Waals surface area contributed by atoms with Gasteiger partial charge in [0.25, 0.3) is 16.3 Å². The second-order valence-electron chi connectivity index (χ2n) is 5.93. The number of alkyl halides is 7. The van der Waals surface area contributed by atoms with E-state index >= 15 is 0 Å². The van der Waals surface area contributed by atoms with Crippen molar-refractivity contribution in [1.29, 1.82) is 0 Å². The maximum Gasteiger partial charge on any atom is 0.501 e. The summed E-state index contributed by atoms with van der Waals surface area (Å²) in [7, 11) is -6.21. The fraction of sp³-hybridized carbons (Fsp3) is 0.333. The van der Waals surface area contributed by atoms with Gasteiger partial charge in [0.15, 0.2) is 6.10 Å². The van der Waals surface area contributed by atoms with Crippen molar-refractivity contribution >= 4 is 9.84 Å². The third kappa shape index (κ3) is 3.38. The van der Waals surface area contributed by atoms with Gasteiger partial charge in [0.05, 0.1) is 17.9 Å². The lowest BCUT2D eigenvalue weighted by Crippen LogP contribution is -2.36. The van der Waals surface area contributed by atoms with Gasteiger partial charge in [-0.2, -0.15) is 22.0 Å². The van der Waals surface area contributed by atoms with Crippen molar-refractivity contribution in [3.63, 3.8) is 0 Å². The molecule has 1 aromatic heterocycles. The summed E-state index contributed by atoms with van der Waals surface area (Å²) in [6.45, 7) is -1.16. The maximum absolute atomic E-state index is 13.7. The fourth-order valence-corrected chi connectivity index (χ4v) is 3.82. The molecular weight excluding hydrogens is 442 g/mol. The van der Waals surface area contributed by atoms with Crippen LogP contribution in [0.4, 0.5) is 35.1 Å². The van der Waals surface area contributed by atoms with Crippen LogP contribution in [0, 0.1) is 5.82 Å². The van der Waals surface area contributed by atoms with E-state index in [2.05, 4.69) is 4.74 Å². The van der Waals surface area contributed by atoms with Crippen LogP contribution >= 0.6 is 0 Å². The number of sulfone groups is 1. The number of benzene rings is 1. The summed E-state index contributed by atoms with van der Waals surface area (Å²) in [5.41, 5.74) is -9.47. The van der Waals surface area contributed by atoms with E-state index in [4.69, 9.17) is 0 Å². The number of rotatable bonds is 3. The molecular formula is C15H9F8NO4S. The lowest BCUT2D eigenvalue weighted by molar-refractivity contribution is -0.306. The van der Waals surface area contributed by atoms with E-state index in [1.54, 1.807) is 0 Å². The summed E-state index contributed by atoms with van der Waals surface area (Å²) in [5, 5.41) is 9.75. The first-order valence-electron chi connectivity index (χ1n) is 7.51. The molecule has 0 bridgehead atoms. The van der Waals surface area contributed by atoms with Gasteiger partial charge in [0.2, 0.25) is 0 Å². The molecule has 0 saturated heterocycles. The lowest BCUT2D eigenvalue weighted by atomic mass is 10.1. The molecule has 1 N–H and O–H groups in total. The van der Waals surface area contributed by atoms with Crippen LogP contribution in [-0.2, 0) is 21.2 Å². The summed E-state index contributed by atoms with van der Waals surface area (Å²) in [5.74, 6) is -1.35. The zero-order chi connectivity index (χ0) is 21.9. The van der Waals surface area contributed by atoms with Crippen molar-refractivity contribution < 1.29 is 53.4 Å². The van der Waals surface area contributed by atoms with Crippen LogP contribution in [0.25, 0.3) is 5.69 Å². The monoisotopic (exact) mass is 451 g/mol. The first-order chi connectivity index (χ1) is 13.2. The fourth-order valence-electron chi connectivity index (χ4n) is 2.81. The highest BCUT2D eigenvalue weighted by molar-refractivity contribution is 7.92. The van der Waals surface area contributed by atoms with E-state index in [-0.39, 0.29) is 6.20 Å². The van der Waals surface area contributed by atoms with Gasteiger partial charge in [-0.1, -0.05) is 0 Å². The van der Waals surface area contributed by atoms with E-state index in [1.807, 2.05) is 0 Å². The highest BCUT2D eigenvalue weighted by Gasteiger charge is 2.54. The molecule has 2 aromatic rings. The van der Waals surface area contributed by atoms with Gasteiger partial charge in [0.1, 0.15) is 10.7 Å². The predicted octanol–water partition coefficient (Wildman–Crippen LogP) is 4.00. The van der Waals surface area contributed by atoms with Gasteiger partial charge in [-0.3, -0.25) is 0 Å². The van der Waals surface area contributed by atoms with E-state index in [0.717, 1.165) is 6.07 Å². The van der Waals surface area contributed by atoms with Gasteiger partial charge in [-0.15, -0.1) is 0 Å². The molecule has 0 radical (unpaired) electrons. The molecule has 1 atom stereocenters. The van der Waals surface area contributed by atoms with Crippen LogP contribution in [0.5, 0.6) is 0 Å². The molecule has 0 saturated carbocycles. The molecule has 1 unspecified atom stereocenters. The minimum absolute atomic E-state index is 0.240. The Balaban J connectivity index is 2.33. The van der Waals surface area contributed by atoms with Gasteiger partial charge < -0.3 is 14.4 Å². The zero-order valence-electron chi connectivity index (χ0n) is 13.7. The molecule has 1 aromatic carbocycles. The maximum atomic E-state index is 13.7. The van der Waals surface area contributed by atoms with E-state index in [9.17, 15) is 48.6 Å². The van der Waals surface area contributed by atoms with Crippen LogP contribution in [0.2, 0.25) is 0 Å². The zero-order valence-corrected chi connectivity index (χ0v) is 14.5. The molecule has 29 heavy (non-hydrogen) atoms. The number of fused-ring (bicyclic) bond motifs is 1. The molecule has 0 fully saturated rings. The Kier molecular flexibility index (Phi) is 4.95. The summed E-state index contributed by atoms with van der Waals surface area (Å²) in [4.78, 5) is -1.70. The van der Waals surface area contributed by atoms with Crippen LogP contribution < -0.4 is 0 Å².